The quantitative estimate of drug-likeness (QED) is 0.870. The van der Waals surface area contributed by atoms with Crippen LogP contribution in [0.1, 0.15) is 12.5 Å². The molecule has 0 radical (unpaired) electrons. The highest BCUT2D eigenvalue weighted by atomic mass is 32.2. The molecule has 1 aromatic carbocycles. The topological polar surface area (TPSA) is 58.6 Å². The fraction of sp³-hybridized carbons (Fsp3) is 0.467. The maximum absolute atomic E-state index is 12.1. The predicted molar refractivity (Wildman–Crippen MR) is 85.8 cm³/mol. The van der Waals surface area contributed by atoms with Crippen molar-refractivity contribution in [1.82, 2.24) is 4.90 Å². The van der Waals surface area contributed by atoms with E-state index in [1.807, 2.05) is 31.2 Å². The molecule has 1 fully saturated rings. The molecule has 1 aliphatic heterocycles. The fourth-order valence-electron chi connectivity index (χ4n) is 2.16. The summed E-state index contributed by atoms with van der Waals surface area (Å²) in [5.41, 5.74) is 1.65. The molecular weight excluding hydrogens is 288 g/mol. The van der Waals surface area contributed by atoms with Gasteiger partial charge in [-0.25, -0.2) is 8.42 Å². The molecule has 0 spiro atoms. The van der Waals surface area contributed by atoms with Gasteiger partial charge in [-0.05, 0) is 24.6 Å². The van der Waals surface area contributed by atoms with E-state index in [1.165, 1.54) is 0 Å². The van der Waals surface area contributed by atoms with E-state index in [0.717, 1.165) is 18.7 Å². The Labute approximate surface area is 126 Å². The van der Waals surface area contributed by atoms with Crippen molar-refractivity contribution >= 4 is 21.8 Å². The van der Waals surface area contributed by atoms with E-state index in [-0.39, 0.29) is 5.75 Å². The zero-order valence-corrected chi connectivity index (χ0v) is 13.1. The molecule has 0 aliphatic carbocycles. The highest BCUT2D eigenvalue weighted by Gasteiger charge is 2.15. The molecule has 116 valence electrons. The Balaban J connectivity index is 1.87. The Morgan fingerprint density at radius 1 is 1.24 bits per heavy atom. The maximum Gasteiger partial charge on any atom is 0.233 e. The molecule has 0 saturated carbocycles. The summed E-state index contributed by atoms with van der Waals surface area (Å²) < 4.78 is 32.0. The number of hydrogen-bond acceptors (Lipinski definition) is 4. The molecular formula is C15H22N2O3S. The van der Waals surface area contributed by atoms with Gasteiger partial charge >= 0.3 is 0 Å². The number of ether oxygens (including phenoxy) is 1. The van der Waals surface area contributed by atoms with Crippen molar-refractivity contribution in [3.63, 3.8) is 0 Å². The van der Waals surface area contributed by atoms with Gasteiger partial charge in [-0.3, -0.25) is 9.62 Å². The molecule has 1 saturated heterocycles. The van der Waals surface area contributed by atoms with Gasteiger partial charge in [-0.15, -0.1) is 0 Å². The summed E-state index contributed by atoms with van der Waals surface area (Å²) in [6, 6.07) is 7.34. The smallest absolute Gasteiger partial charge is 0.233 e. The summed E-state index contributed by atoms with van der Waals surface area (Å²) in [4.78, 5) is 2.11. The van der Waals surface area contributed by atoms with Crippen molar-refractivity contribution in [3.8, 4) is 0 Å². The first kappa shape index (κ1) is 16.0. The summed E-state index contributed by atoms with van der Waals surface area (Å²) in [5.74, 6) is 0.101. The molecule has 21 heavy (non-hydrogen) atoms. The van der Waals surface area contributed by atoms with Crippen LogP contribution in [-0.4, -0.2) is 51.9 Å². The standard InChI is InChI=1S/C15H22N2O3S/c1-2-3-14-4-6-15(7-5-14)16-21(18,19)13-10-17-8-11-20-12-9-17/h2-7,16H,8-13H2,1H3/b3-2+. The molecule has 0 aromatic heterocycles. The Bertz CT molecular complexity index is 561. The second-order valence-corrected chi connectivity index (χ2v) is 6.84. The lowest BCUT2D eigenvalue weighted by molar-refractivity contribution is 0.0408. The first-order valence-corrected chi connectivity index (χ1v) is 8.78. The lowest BCUT2D eigenvalue weighted by atomic mass is 10.2. The molecule has 0 atom stereocenters. The number of morpholine rings is 1. The van der Waals surface area contributed by atoms with Crippen LogP contribution in [0.25, 0.3) is 6.08 Å². The van der Waals surface area contributed by atoms with Gasteiger partial charge in [-0.1, -0.05) is 24.3 Å². The first-order valence-electron chi connectivity index (χ1n) is 7.12. The van der Waals surface area contributed by atoms with E-state index in [2.05, 4.69) is 9.62 Å². The van der Waals surface area contributed by atoms with E-state index in [0.29, 0.717) is 25.4 Å². The zero-order chi connectivity index (χ0) is 15.1. The minimum Gasteiger partial charge on any atom is -0.379 e. The SMILES string of the molecule is C/C=C/c1ccc(NS(=O)(=O)CCN2CCOCC2)cc1. The van der Waals surface area contributed by atoms with Crippen LogP contribution in [0.5, 0.6) is 0 Å². The first-order chi connectivity index (χ1) is 10.1. The van der Waals surface area contributed by atoms with Crippen molar-refractivity contribution in [2.75, 3.05) is 43.3 Å². The van der Waals surface area contributed by atoms with Gasteiger partial charge in [0.25, 0.3) is 0 Å². The average Bonchev–Trinajstić information content (AvgIpc) is 2.48. The number of nitrogens with zero attached hydrogens (tertiary/aromatic N) is 1. The van der Waals surface area contributed by atoms with Crippen molar-refractivity contribution in [1.29, 1.82) is 0 Å². The van der Waals surface area contributed by atoms with Crippen LogP contribution in [0.2, 0.25) is 0 Å². The van der Waals surface area contributed by atoms with Crippen molar-refractivity contribution in [2.24, 2.45) is 0 Å². The fourth-order valence-corrected chi connectivity index (χ4v) is 3.26. The highest BCUT2D eigenvalue weighted by Crippen LogP contribution is 2.12. The van der Waals surface area contributed by atoms with E-state index in [4.69, 9.17) is 4.74 Å². The number of nitrogens with one attached hydrogen (secondary N) is 1. The van der Waals surface area contributed by atoms with Gasteiger partial charge in [0.15, 0.2) is 0 Å². The Hall–Kier alpha value is -1.37. The van der Waals surface area contributed by atoms with Crippen LogP contribution in [0.4, 0.5) is 5.69 Å². The van der Waals surface area contributed by atoms with Crippen molar-refractivity contribution in [3.05, 3.63) is 35.9 Å². The van der Waals surface area contributed by atoms with Crippen LogP contribution >= 0.6 is 0 Å². The molecule has 5 nitrogen and oxygen atoms in total. The number of hydrogen-bond donors (Lipinski definition) is 1. The van der Waals surface area contributed by atoms with Crippen LogP contribution in [-0.2, 0) is 14.8 Å². The second-order valence-electron chi connectivity index (χ2n) is 5.00. The van der Waals surface area contributed by atoms with E-state index >= 15 is 0 Å². The third kappa shape index (κ3) is 5.49. The molecule has 1 aliphatic rings. The van der Waals surface area contributed by atoms with Gasteiger partial charge in [0.2, 0.25) is 10.0 Å². The Morgan fingerprint density at radius 3 is 2.52 bits per heavy atom. The summed E-state index contributed by atoms with van der Waals surface area (Å²) in [5, 5.41) is 0. The minimum atomic E-state index is -3.31. The lowest BCUT2D eigenvalue weighted by Crippen LogP contribution is -2.39. The second kappa shape index (κ2) is 7.59. The lowest BCUT2D eigenvalue weighted by Gasteiger charge is -2.26. The molecule has 0 bridgehead atoms. The molecule has 0 unspecified atom stereocenters. The van der Waals surface area contributed by atoms with Crippen molar-refractivity contribution < 1.29 is 13.2 Å². The highest BCUT2D eigenvalue weighted by molar-refractivity contribution is 7.92. The number of benzene rings is 1. The van der Waals surface area contributed by atoms with Crippen LogP contribution in [0.3, 0.4) is 0 Å². The van der Waals surface area contributed by atoms with Gasteiger partial charge in [0.05, 0.1) is 19.0 Å². The molecule has 1 aromatic rings. The van der Waals surface area contributed by atoms with Gasteiger partial charge in [0, 0.05) is 25.3 Å². The summed E-state index contributed by atoms with van der Waals surface area (Å²) in [6.07, 6.45) is 3.91. The number of allylic oxidation sites excluding steroid dienone is 1. The number of anilines is 1. The maximum atomic E-state index is 12.1. The average molecular weight is 310 g/mol. The third-order valence-electron chi connectivity index (χ3n) is 3.32. The van der Waals surface area contributed by atoms with Gasteiger partial charge < -0.3 is 4.74 Å². The normalized spacial score (nSPS) is 17.2. The Morgan fingerprint density at radius 2 is 1.90 bits per heavy atom. The monoisotopic (exact) mass is 310 g/mol. The van der Waals surface area contributed by atoms with Gasteiger partial charge in [-0.2, -0.15) is 0 Å². The van der Waals surface area contributed by atoms with Gasteiger partial charge in [0.1, 0.15) is 0 Å². The van der Waals surface area contributed by atoms with Crippen LogP contribution < -0.4 is 4.72 Å². The Kier molecular flexibility index (Phi) is 5.78. The van der Waals surface area contributed by atoms with E-state index < -0.39 is 10.0 Å². The van der Waals surface area contributed by atoms with E-state index in [1.54, 1.807) is 12.1 Å². The molecule has 2 rings (SSSR count). The molecule has 0 amide bonds. The van der Waals surface area contributed by atoms with E-state index in [9.17, 15) is 8.42 Å². The minimum absolute atomic E-state index is 0.101. The third-order valence-corrected chi connectivity index (χ3v) is 4.59. The summed E-state index contributed by atoms with van der Waals surface area (Å²) in [6.45, 7) is 5.44. The van der Waals surface area contributed by atoms with Crippen LogP contribution in [0.15, 0.2) is 30.3 Å². The van der Waals surface area contributed by atoms with Crippen molar-refractivity contribution in [2.45, 2.75) is 6.92 Å². The largest absolute Gasteiger partial charge is 0.379 e. The summed E-state index contributed by atoms with van der Waals surface area (Å²) in [7, 11) is -3.31. The molecule has 6 heteroatoms. The number of sulfonamides is 1. The summed E-state index contributed by atoms with van der Waals surface area (Å²) >= 11 is 0. The predicted octanol–water partition coefficient (Wildman–Crippen LogP) is 1.79. The number of rotatable bonds is 6. The zero-order valence-electron chi connectivity index (χ0n) is 12.3. The molecule has 1 heterocycles. The molecule has 1 N–H and O–H groups in total. The van der Waals surface area contributed by atoms with Crippen LogP contribution in [0, 0.1) is 0 Å².